The molecule has 4 nitrogen and oxygen atoms in total. The minimum absolute atomic E-state index is 0.111. The molecule has 5 heteroatoms. The summed E-state index contributed by atoms with van der Waals surface area (Å²) < 4.78 is 6.48. The Morgan fingerprint density at radius 2 is 1.88 bits per heavy atom. The van der Waals surface area contributed by atoms with E-state index in [4.69, 9.17) is 9.72 Å². The summed E-state index contributed by atoms with van der Waals surface area (Å²) in [5.74, 6) is 0.561. The second-order valence-electron chi connectivity index (χ2n) is 6.68. The molecular weight excluding hydrogens is 344 g/mol. The first-order valence-corrected chi connectivity index (χ1v) is 9.79. The van der Waals surface area contributed by atoms with Crippen LogP contribution in [0.25, 0.3) is 10.2 Å². The first-order valence-electron chi connectivity index (χ1n) is 8.98. The van der Waals surface area contributed by atoms with Gasteiger partial charge >= 0.3 is 0 Å². The van der Waals surface area contributed by atoms with Crippen LogP contribution in [-0.4, -0.2) is 36.0 Å². The molecule has 1 amide bonds. The van der Waals surface area contributed by atoms with E-state index in [1.165, 1.54) is 9.71 Å². The number of aromatic nitrogens is 1. The Kier molecular flexibility index (Phi) is 5.00. The molecule has 2 aromatic carbocycles. The van der Waals surface area contributed by atoms with Gasteiger partial charge in [0.25, 0.3) is 5.91 Å². The van der Waals surface area contributed by atoms with Crippen molar-refractivity contribution in [3.8, 4) is 0 Å². The third-order valence-electron chi connectivity index (χ3n) is 4.99. The van der Waals surface area contributed by atoms with Crippen molar-refractivity contribution in [2.45, 2.75) is 25.4 Å². The molecule has 0 atom stereocenters. The summed E-state index contributed by atoms with van der Waals surface area (Å²) in [6.07, 6.45) is 1.94. The summed E-state index contributed by atoms with van der Waals surface area (Å²) in [5, 5.41) is 1.21. The lowest BCUT2D eigenvalue weighted by molar-refractivity contribution is 0.0708. The zero-order chi connectivity index (χ0) is 17.9. The molecule has 0 radical (unpaired) electrons. The molecule has 4 rings (SSSR count). The Labute approximate surface area is 157 Å². The number of carbonyl (C=O) groups excluding carboxylic acids is 1. The van der Waals surface area contributed by atoms with E-state index in [0.717, 1.165) is 42.6 Å². The zero-order valence-corrected chi connectivity index (χ0v) is 15.7. The summed E-state index contributed by atoms with van der Waals surface area (Å²) in [5.41, 5.74) is 2.79. The highest BCUT2D eigenvalue weighted by molar-refractivity contribution is 7.18. The maximum absolute atomic E-state index is 12.9. The van der Waals surface area contributed by atoms with Crippen molar-refractivity contribution >= 4 is 27.5 Å². The van der Waals surface area contributed by atoms with Gasteiger partial charge in [0.15, 0.2) is 0 Å². The van der Waals surface area contributed by atoms with Crippen molar-refractivity contribution in [1.29, 1.82) is 0 Å². The van der Waals surface area contributed by atoms with Crippen LogP contribution in [0.1, 0.15) is 39.7 Å². The Balaban J connectivity index is 1.45. The molecule has 26 heavy (non-hydrogen) atoms. The highest BCUT2D eigenvalue weighted by Gasteiger charge is 2.27. The van der Waals surface area contributed by atoms with E-state index in [9.17, 15) is 4.79 Å². The van der Waals surface area contributed by atoms with Crippen molar-refractivity contribution in [2.75, 3.05) is 20.2 Å². The summed E-state index contributed by atoms with van der Waals surface area (Å²) in [6, 6.07) is 16.0. The molecule has 1 fully saturated rings. The van der Waals surface area contributed by atoms with Gasteiger partial charge in [0.1, 0.15) is 0 Å². The Morgan fingerprint density at radius 1 is 1.15 bits per heavy atom. The second kappa shape index (κ2) is 7.56. The fourth-order valence-corrected chi connectivity index (χ4v) is 4.71. The number of fused-ring (bicyclic) bond motifs is 1. The van der Waals surface area contributed by atoms with Crippen LogP contribution < -0.4 is 0 Å². The van der Waals surface area contributed by atoms with Gasteiger partial charge in [0, 0.05) is 31.7 Å². The third-order valence-corrected chi connectivity index (χ3v) is 6.19. The van der Waals surface area contributed by atoms with E-state index >= 15 is 0 Å². The summed E-state index contributed by atoms with van der Waals surface area (Å²) in [7, 11) is 1.66. The van der Waals surface area contributed by atoms with Gasteiger partial charge in [-0.3, -0.25) is 4.79 Å². The van der Waals surface area contributed by atoms with Crippen LogP contribution >= 0.6 is 11.3 Å². The number of para-hydroxylation sites is 1. The van der Waals surface area contributed by atoms with Gasteiger partial charge in [0.05, 0.1) is 21.8 Å². The molecule has 1 aliphatic heterocycles. The van der Waals surface area contributed by atoms with E-state index in [0.29, 0.717) is 12.5 Å². The number of benzene rings is 2. The number of hydrogen-bond acceptors (Lipinski definition) is 4. The molecule has 1 aromatic heterocycles. The Morgan fingerprint density at radius 3 is 2.65 bits per heavy atom. The maximum atomic E-state index is 12.9. The van der Waals surface area contributed by atoms with E-state index in [1.807, 2.05) is 35.2 Å². The standard InChI is InChI=1S/C21H22N2O2S/c1-25-14-16-6-2-3-7-17(16)21(24)23-12-10-15(11-13-23)20-22-18-8-4-5-9-19(18)26-20/h2-9,15H,10-14H2,1H3. The molecule has 2 heterocycles. The van der Waals surface area contributed by atoms with E-state index < -0.39 is 0 Å². The van der Waals surface area contributed by atoms with E-state index in [2.05, 4.69) is 18.2 Å². The summed E-state index contributed by atoms with van der Waals surface area (Å²) in [4.78, 5) is 19.7. The number of methoxy groups -OCH3 is 1. The van der Waals surface area contributed by atoms with Crippen LogP contribution in [0.3, 0.4) is 0 Å². The monoisotopic (exact) mass is 366 g/mol. The predicted molar refractivity (Wildman–Crippen MR) is 105 cm³/mol. The number of piperidine rings is 1. The molecule has 1 saturated heterocycles. The average Bonchev–Trinajstić information content (AvgIpc) is 3.12. The average molecular weight is 366 g/mol. The van der Waals surface area contributed by atoms with Crippen LogP contribution in [0.5, 0.6) is 0 Å². The topological polar surface area (TPSA) is 42.4 Å². The molecule has 1 aliphatic rings. The summed E-state index contributed by atoms with van der Waals surface area (Å²) >= 11 is 1.79. The maximum Gasteiger partial charge on any atom is 0.254 e. The first-order chi connectivity index (χ1) is 12.8. The van der Waals surface area contributed by atoms with Crippen LogP contribution in [-0.2, 0) is 11.3 Å². The van der Waals surface area contributed by atoms with Crippen LogP contribution in [0.15, 0.2) is 48.5 Å². The minimum Gasteiger partial charge on any atom is -0.380 e. The quantitative estimate of drug-likeness (QED) is 0.684. The molecule has 0 spiro atoms. The number of amides is 1. The van der Waals surface area contributed by atoms with Crippen molar-refractivity contribution in [3.63, 3.8) is 0 Å². The first kappa shape index (κ1) is 17.2. The molecule has 0 N–H and O–H groups in total. The number of carbonyl (C=O) groups is 1. The largest absolute Gasteiger partial charge is 0.380 e. The van der Waals surface area contributed by atoms with Crippen molar-refractivity contribution < 1.29 is 9.53 Å². The highest BCUT2D eigenvalue weighted by Crippen LogP contribution is 2.34. The van der Waals surface area contributed by atoms with Gasteiger partial charge in [-0.1, -0.05) is 30.3 Å². The molecule has 0 bridgehead atoms. The van der Waals surface area contributed by atoms with Gasteiger partial charge in [-0.05, 0) is 36.6 Å². The van der Waals surface area contributed by atoms with Crippen molar-refractivity contribution in [1.82, 2.24) is 9.88 Å². The normalized spacial score (nSPS) is 15.5. The van der Waals surface area contributed by atoms with E-state index in [1.54, 1.807) is 18.4 Å². The Hall–Kier alpha value is -2.24. The molecule has 0 aliphatic carbocycles. The second-order valence-corrected chi connectivity index (χ2v) is 7.74. The number of hydrogen-bond donors (Lipinski definition) is 0. The minimum atomic E-state index is 0.111. The third kappa shape index (κ3) is 3.37. The smallest absolute Gasteiger partial charge is 0.254 e. The fourth-order valence-electron chi connectivity index (χ4n) is 3.57. The lowest BCUT2D eigenvalue weighted by Gasteiger charge is -2.31. The van der Waals surface area contributed by atoms with Crippen molar-refractivity contribution in [3.05, 3.63) is 64.7 Å². The van der Waals surface area contributed by atoms with Gasteiger partial charge in [0.2, 0.25) is 0 Å². The van der Waals surface area contributed by atoms with Gasteiger partial charge in [-0.15, -0.1) is 11.3 Å². The lowest BCUT2D eigenvalue weighted by Crippen LogP contribution is -2.38. The molecular formula is C21H22N2O2S. The zero-order valence-electron chi connectivity index (χ0n) is 14.9. The Bertz CT molecular complexity index is 880. The van der Waals surface area contributed by atoms with Crippen LogP contribution in [0, 0.1) is 0 Å². The van der Waals surface area contributed by atoms with Crippen LogP contribution in [0.2, 0.25) is 0 Å². The number of rotatable bonds is 4. The van der Waals surface area contributed by atoms with Gasteiger partial charge < -0.3 is 9.64 Å². The van der Waals surface area contributed by atoms with Gasteiger partial charge in [-0.25, -0.2) is 4.98 Å². The lowest BCUT2D eigenvalue weighted by atomic mass is 9.96. The van der Waals surface area contributed by atoms with Gasteiger partial charge in [-0.2, -0.15) is 0 Å². The summed E-state index contributed by atoms with van der Waals surface area (Å²) in [6.45, 7) is 2.02. The molecule has 134 valence electrons. The van der Waals surface area contributed by atoms with Crippen LogP contribution in [0.4, 0.5) is 0 Å². The van der Waals surface area contributed by atoms with E-state index in [-0.39, 0.29) is 5.91 Å². The fraction of sp³-hybridized carbons (Fsp3) is 0.333. The molecule has 0 saturated carbocycles. The highest BCUT2D eigenvalue weighted by atomic mass is 32.1. The SMILES string of the molecule is COCc1ccccc1C(=O)N1CCC(c2nc3ccccc3s2)CC1. The predicted octanol–water partition coefficient (Wildman–Crippen LogP) is 4.46. The molecule has 3 aromatic rings. The number of nitrogens with zero attached hydrogens (tertiary/aromatic N) is 2. The number of ether oxygens (including phenoxy) is 1. The molecule has 0 unspecified atom stereocenters. The number of likely N-dealkylation sites (tertiary alicyclic amines) is 1. The number of thiazole rings is 1. The van der Waals surface area contributed by atoms with Crippen molar-refractivity contribution in [2.24, 2.45) is 0 Å².